The van der Waals surface area contributed by atoms with E-state index in [1.165, 1.54) is 24.6 Å². The van der Waals surface area contributed by atoms with Gasteiger partial charge in [0, 0.05) is 17.2 Å². The zero-order chi connectivity index (χ0) is 20.3. The fraction of sp³-hybridized carbons (Fsp3) is 0.318. The van der Waals surface area contributed by atoms with E-state index in [-0.39, 0.29) is 5.91 Å². The number of carbonyl (C=O) groups is 1. The van der Waals surface area contributed by atoms with Crippen molar-refractivity contribution in [2.24, 2.45) is 0 Å². The van der Waals surface area contributed by atoms with E-state index in [1.54, 1.807) is 24.5 Å². The average molecular weight is 423 g/mol. The molecule has 2 aliphatic rings. The molecule has 0 spiro atoms. The van der Waals surface area contributed by atoms with Gasteiger partial charge < -0.3 is 14.8 Å². The quantitative estimate of drug-likeness (QED) is 0.649. The van der Waals surface area contributed by atoms with Gasteiger partial charge in [-0.2, -0.15) is 5.10 Å². The van der Waals surface area contributed by atoms with E-state index < -0.39 is 0 Å². The molecule has 1 aliphatic heterocycles. The van der Waals surface area contributed by atoms with E-state index in [0.717, 1.165) is 29.3 Å². The van der Waals surface area contributed by atoms with Crippen LogP contribution in [-0.2, 0) is 0 Å². The molecule has 1 N–H and O–H groups in total. The summed E-state index contributed by atoms with van der Waals surface area (Å²) < 4.78 is 13.2. The molecule has 3 heterocycles. The molecule has 1 amide bonds. The number of nitrogens with zero attached hydrogens (tertiary/aromatic N) is 3. The van der Waals surface area contributed by atoms with E-state index >= 15 is 0 Å². The first kappa shape index (κ1) is 19.0. The van der Waals surface area contributed by atoms with E-state index in [1.807, 2.05) is 28.9 Å². The SMILES string of the molecule is O=C(Nc1ccnn1C1CCCC1)c1cccnc1Sc1ccc2c(c1)OCCO2. The first-order chi connectivity index (χ1) is 14.8. The standard InChI is InChI=1S/C22H22N4O3S/c27-21(25-20-9-11-24-26(20)15-4-1-2-5-15)17-6-3-10-23-22(17)30-16-7-8-18-19(14-16)29-13-12-28-18/h3,6-11,14-15H,1-2,4-5,12-13H2,(H,25,27). The van der Waals surface area contributed by atoms with Crippen molar-refractivity contribution in [1.82, 2.24) is 14.8 Å². The number of pyridine rings is 1. The molecular formula is C22H22N4O3S. The highest BCUT2D eigenvalue weighted by Crippen LogP contribution is 2.37. The number of fused-ring (bicyclic) bond motifs is 1. The summed E-state index contributed by atoms with van der Waals surface area (Å²) in [6.45, 7) is 1.09. The maximum Gasteiger partial charge on any atom is 0.259 e. The predicted molar refractivity (Wildman–Crippen MR) is 113 cm³/mol. The van der Waals surface area contributed by atoms with Crippen molar-refractivity contribution in [2.45, 2.75) is 41.6 Å². The van der Waals surface area contributed by atoms with Gasteiger partial charge in [0.25, 0.3) is 5.91 Å². The van der Waals surface area contributed by atoms with E-state index in [2.05, 4.69) is 15.4 Å². The van der Waals surface area contributed by atoms with E-state index in [4.69, 9.17) is 9.47 Å². The Morgan fingerprint density at radius 1 is 1.07 bits per heavy atom. The number of hydrogen-bond donors (Lipinski definition) is 1. The average Bonchev–Trinajstić information content (AvgIpc) is 3.46. The largest absolute Gasteiger partial charge is 0.486 e. The molecule has 7 nitrogen and oxygen atoms in total. The third kappa shape index (κ3) is 3.87. The monoisotopic (exact) mass is 422 g/mol. The summed E-state index contributed by atoms with van der Waals surface area (Å²) in [5.74, 6) is 1.99. The smallest absolute Gasteiger partial charge is 0.259 e. The van der Waals surface area contributed by atoms with Crippen molar-refractivity contribution < 1.29 is 14.3 Å². The topological polar surface area (TPSA) is 78.3 Å². The van der Waals surface area contributed by atoms with E-state index in [9.17, 15) is 4.79 Å². The first-order valence-electron chi connectivity index (χ1n) is 10.2. The lowest BCUT2D eigenvalue weighted by molar-refractivity contribution is 0.102. The zero-order valence-corrected chi connectivity index (χ0v) is 17.2. The Labute approximate surface area is 178 Å². The van der Waals surface area contributed by atoms with Crippen LogP contribution in [0.25, 0.3) is 0 Å². The molecule has 8 heteroatoms. The summed E-state index contributed by atoms with van der Waals surface area (Å²) in [5.41, 5.74) is 0.525. The number of nitrogens with one attached hydrogen (secondary N) is 1. The fourth-order valence-electron chi connectivity index (χ4n) is 3.88. The van der Waals surface area contributed by atoms with Gasteiger partial charge in [0.15, 0.2) is 11.5 Å². The summed E-state index contributed by atoms with van der Waals surface area (Å²) in [5, 5.41) is 8.09. The summed E-state index contributed by atoms with van der Waals surface area (Å²) in [4.78, 5) is 18.4. The van der Waals surface area contributed by atoms with Gasteiger partial charge in [0.1, 0.15) is 24.1 Å². The summed E-state index contributed by atoms with van der Waals surface area (Å²) in [6.07, 6.45) is 8.04. The molecule has 0 unspecified atom stereocenters. The second-order valence-corrected chi connectivity index (χ2v) is 8.38. The number of aromatic nitrogens is 3. The second kappa shape index (κ2) is 8.39. The highest BCUT2D eigenvalue weighted by molar-refractivity contribution is 7.99. The van der Waals surface area contributed by atoms with Crippen LogP contribution in [-0.4, -0.2) is 33.9 Å². The van der Waals surface area contributed by atoms with Gasteiger partial charge in [-0.25, -0.2) is 9.67 Å². The molecule has 1 aromatic carbocycles. The van der Waals surface area contributed by atoms with Crippen LogP contribution in [0.5, 0.6) is 11.5 Å². The van der Waals surface area contributed by atoms with Gasteiger partial charge in [-0.15, -0.1) is 0 Å². The van der Waals surface area contributed by atoms with Crippen molar-refractivity contribution in [2.75, 3.05) is 18.5 Å². The minimum Gasteiger partial charge on any atom is -0.486 e. The summed E-state index contributed by atoms with van der Waals surface area (Å²) in [7, 11) is 0. The number of ether oxygens (including phenoxy) is 2. The molecule has 2 aromatic heterocycles. The second-order valence-electron chi connectivity index (χ2n) is 7.32. The first-order valence-corrected chi connectivity index (χ1v) is 11.0. The third-order valence-electron chi connectivity index (χ3n) is 5.33. The molecule has 30 heavy (non-hydrogen) atoms. The summed E-state index contributed by atoms with van der Waals surface area (Å²) in [6, 6.07) is 11.5. The molecule has 3 aromatic rings. The Hall–Kier alpha value is -3.00. The molecule has 1 saturated carbocycles. The lowest BCUT2D eigenvalue weighted by Crippen LogP contribution is -2.18. The van der Waals surface area contributed by atoms with E-state index in [0.29, 0.717) is 35.6 Å². The van der Waals surface area contributed by atoms with Crippen molar-refractivity contribution in [3.05, 3.63) is 54.4 Å². The molecule has 1 fully saturated rings. The Bertz CT molecular complexity index is 1060. The maximum atomic E-state index is 13.1. The fourth-order valence-corrected chi connectivity index (χ4v) is 4.79. The lowest BCUT2D eigenvalue weighted by atomic mass is 10.2. The number of anilines is 1. The zero-order valence-electron chi connectivity index (χ0n) is 16.4. The Morgan fingerprint density at radius 3 is 2.77 bits per heavy atom. The lowest BCUT2D eigenvalue weighted by Gasteiger charge is -2.19. The van der Waals surface area contributed by atoms with Gasteiger partial charge in [-0.3, -0.25) is 4.79 Å². The normalized spacial score (nSPS) is 15.9. The van der Waals surface area contributed by atoms with Crippen molar-refractivity contribution >= 4 is 23.5 Å². The van der Waals surface area contributed by atoms with Gasteiger partial charge in [-0.1, -0.05) is 24.6 Å². The molecule has 5 rings (SSSR count). The minimum atomic E-state index is -0.192. The minimum absolute atomic E-state index is 0.192. The van der Waals surface area contributed by atoms with Crippen LogP contribution in [0.2, 0.25) is 0 Å². The van der Waals surface area contributed by atoms with Gasteiger partial charge in [0.2, 0.25) is 0 Å². The third-order valence-corrected chi connectivity index (χ3v) is 6.33. The van der Waals surface area contributed by atoms with Crippen LogP contribution in [0.15, 0.2) is 58.7 Å². The molecule has 0 radical (unpaired) electrons. The Kier molecular flexibility index (Phi) is 5.31. The highest BCUT2D eigenvalue weighted by Gasteiger charge is 2.22. The van der Waals surface area contributed by atoms with Crippen molar-refractivity contribution in [3.8, 4) is 11.5 Å². The highest BCUT2D eigenvalue weighted by atomic mass is 32.2. The number of benzene rings is 1. The molecule has 0 saturated heterocycles. The Morgan fingerprint density at radius 2 is 1.90 bits per heavy atom. The van der Waals surface area contributed by atoms with Crippen LogP contribution in [0.3, 0.4) is 0 Å². The summed E-state index contributed by atoms with van der Waals surface area (Å²) >= 11 is 1.43. The molecular weight excluding hydrogens is 400 g/mol. The molecule has 0 atom stereocenters. The van der Waals surface area contributed by atoms with Crippen LogP contribution in [0, 0.1) is 0 Å². The number of rotatable bonds is 5. The van der Waals surface area contributed by atoms with Gasteiger partial charge in [0.05, 0.1) is 17.8 Å². The molecule has 0 bridgehead atoms. The number of carbonyl (C=O) groups excluding carboxylic acids is 1. The van der Waals surface area contributed by atoms with Crippen molar-refractivity contribution in [3.63, 3.8) is 0 Å². The number of hydrogen-bond acceptors (Lipinski definition) is 6. The van der Waals surface area contributed by atoms with Crippen molar-refractivity contribution in [1.29, 1.82) is 0 Å². The Balaban J connectivity index is 1.36. The van der Waals surface area contributed by atoms with Gasteiger partial charge >= 0.3 is 0 Å². The van der Waals surface area contributed by atoms with Crippen LogP contribution >= 0.6 is 11.8 Å². The molecule has 154 valence electrons. The van der Waals surface area contributed by atoms with Crippen LogP contribution in [0.1, 0.15) is 42.1 Å². The maximum absolute atomic E-state index is 13.1. The van der Waals surface area contributed by atoms with Gasteiger partial charge in [-0.05, 0) is 43.2 Å². The van der Waals surface area contributed by atoms with Crippen LogP contribution < -0.4 is 14.8 Å². The predicted octanol–water partition coefficient (Wildman–Crippen LogP) is 4.57. The van der Waals surface area contributed by atoms with Crippen LogP contribution in [0.4, 0.5) is 5.82 Å². The molecule has 1 aliphatic carbocycles. The number of amides is 1.